The minimum Gasteiger partial charge on any atom is -0.372 e. The van der Waals surface area contributed by atoms with Gasteiger partial charge < -0.3 is 4.90 Å². The van der Waals surface area contributed by atoms with Crippen LogP contribution in [0.3, 0.4) is 0 Å². The van der Waals surface area contributed by atoms with Crippen LogP contribution in [0.1, 0.15) is 25.0 Å². The fourth-order valence-electron chi connectivity index (χ4n) is 1.45. The lowest BCUT2D eigenvalue weighted by Crippen LogP contribution is -2.21. The second-order valence-electron chi connectivity index (χ2n) is 3.21. The monoisotopic (exact) mass is 175 g/mol. The van der Waals surface area contributed by atoms with Crippen molar-refractivity contribution >= 4 is 5.69 Å². The zero-order chi connectivity index (χ0) is 9.84. The van der Waals surface area contributed by atoms with Crippen LogP contribution in [0.4, 0.5) is 5.69 Å². The first-order chi connectivity index (χ1) is 6.19. The Morgan fingerprint density at radius 1 is 1.23 bits per heavy atom. The van der Waals surface area contributed by atoms with Crippen LogP contribution in [0.25, 0.3) is 0 Å². The molecule has 2 radical (unpaired) electrons. The lowest BCUT2D eigenvalue weighted by Gasteiger charge is -2.21. The molecule has 0 fully saturated rings. The molecule has 1 aromatic rings. The van der Waals surface area contributed by atoms with E-state index in [9.17, 15) is 0 Å². The summed E-state index contributed by atoms with van der Waals surface area (Å²) in [7, 11) is 0. The fourth-order valence-corrected chi connectivity index (χ4v) is 1.45. The predicted molar refractivity (Wildman–Crippen MR) is 58.1 cm³/mol. The highest BCUT2D eigenvalue weighted by Gasteiger charge is 2.01. The van der Waals surface area contributed by atoms with Gasteiger partial charge >= 0.3 is 0 Å². The second-order valence-corrected chi connectivity index (χ2v) is 3.21. The predicted octanol–water partition coefficient (Wildman–Crippen LogP) is 2.90. The summed E-state index contributed by atoms with van der Waals surface area (Å²) in [5.41, 5.74) is 3.29. The quantitative estimate of drug-likeness (QED) is 0.682. The molecule has 1 aromatic carbocycles. The average molecular weight is 175 g/mol. The Morgan fingerprint density at radius 3 is 2.31 bits per heavy atom. The van der Waals surface area contributed by atoms with Crippen molar-refractivity contribution in [1.82, 2.24) is 0 Å². The highest BCUT2D eigenvalue weighted by Crippen LogP contribution is 2.18. The zero-order valence-corrected chi connectivity index (χ0v) is 8.67. The van der Waals surface area contributed by atoms with Gasteiger partial charge in [0.15, 0.2) is 0 Å². The van der Waals surface area contributed by atoms with E-state index < -0.39 is 0 Å². The van der Waals surface area contributed by atoms with Crippen molar-refractivity contribution < 1.29 is 0 Å². The number of aryl methyl sites for hydroxylation is 1. The Bertz CT molecular complexity index is 274. The molecular formula is C12H17N. The van der Waals surface area contributed by atoms with Gasteiger partial charge in [0.2, 0.25) is 0 Å². The van der Waals surface area contributed by atoms with Gasteiger partial charge in [0.05, 0.1) is 0 Å². The summed E-state index contributed by atoms with van der Waals surface area (Å²) < 4.78 is 0. The summed E-state index contributed by atoms with van der Waals surface area (Å²) >= 11 is 0. The highest BCUT2D eigenvalue weighted by molar-refractivity contribution is 5.51. The van der Waals surface area contributed by atoms with E-state index in [0.717, 1.165) is 24.2 Å². The third-order valence-corrected chi connectivity index (χ3v) is 2.38. The molecule has 0 heterocycles. The van der Waals surface area contributed by atoms with E-state index in [1.165, 1.54) is 5.69 Å². The molecule has 0 N–H and O–H groups in total. The van der Waals surface area contributed by atoms with Gasteiger partial charge in [0.1, 0.15) is 0 Å². The van der Waals surface area contributed by atoms with Crippen LogP contribution < -0.4 is 4.90 Å². The molecule has 0 aliphatic carbocycles. The molecule has 1 nitrogen and oxygen atoms in total. The van der Waals surface area contributed by atoms with Crippen LogP contribution in [-0.4, -0.2) is 13.1 Å². The fraction of sp³-hybridized carbons (Fsp3) is 0.417. The van der Waals surface area contributed by atoms with Crippen molar-refractivity contribution in [2.75, 3.05) is 18.0 Å². The normalized spacial score (nSPS) is 10.2. The number of hydrogen-bond donors (Lipinski definition) is 0. The highest BCUT2D eigenvalue weighted by atomic mass is 15.1. The van der Waals surface area contributed by atoms with Gasteiger partial charge in [-0.3, -0.25) is 0 Å². The van der Waals surface area contributed by atoms with Gasteiger partial charge in [-0.05, 0) is 51.0 Å². The van der Waals surface area contributed by atoms with Gasteiger partial charge in [0.25, 0.3) is 0 Å². The lowest BCUT2D eigenvalue weighted by atomic mass is 10.1. The maximum atomic E-state index is 5.75. The zero-order valence-electron chi connectivity index (χ0n) is 8.67. The molecular weight excluding hydrogens is 158 g/mol. The summed E-state index contributed by atoms with van der Waals surface area (Å²) in [6.07, 6.45) is 0. The van der Waals surface area contributed by atoms with Crippen molar-refractivity contribution in [2.24, 2.45) is 0 Å². The van der Waals surface area contributed by atoms with E-state index in [1.54, 1.807) is 0 Å². The largest absolute Gasteiger partial charge is 0.372 e. The Morgan fingerprint density at radius 2 is 1.85 bits per heavy atom. The van der Waals surface area contributed by atoms with E-state index in [1.807, 2.05) is 13.0 Å². The molecule has 0 amide bonds. The molecule has 1 heteroatoms. The summed E-state index contributed by atoms with van der Waals surface area (Å²) in [5.74, 6) is 0. The van der Waals surface area contributed by atoms with Crippen molar-refractivity contribution in [3.05, 3.63) is 36.2 Å². The van der Waals surface area contributed by atoms with Gasteiger partial charge in [0, 0.05) is 18.8 Å². The van der Waals surface area contributed by atoms with Gasteiger partial charge in [-0.25, -0.2) is 0 Å². The van der Waals surface area contributed by atoms with Crippen molar-refractivity contribution in [3.63, 3.8) is 0 Å². The maximum absolute atomic E-state index is 5.75. The van der Waals surface area contributed by atoms with Crippen molar-refractivity contribution in [3.8, 4) is 0 Å². The molecule has 0 aromatic heterocycles. The number of rotatable bonds is 3. The smallest absolute Gasteiger partial charge is 0.0368 e. The molecule has 0 saturated heterocycles. The average Bonchev–Trinajstić information content (AvgIpc) is 2.13. The molecule has 0 aliphatic rings. The molecule has 0 spiro atoms. The van der Waals surface area contributed by atoms with E-state index in [4.69, 9.17) is 6.92 Å². The van der Waals surface area contributed by atoms with Gasteiger partial charge in [-0.1, -0.05) is 6.07 Å². The number of benzene rings is 1. The molecule has 13 heavy (non-hydrogen) atoms. The van der Waals surface area contributed by atoms with Gasteiger partial charge in [-0.2, -0.15) is 0 Å². The summed E-state index contributed by atoms with van der Waals surface area (Å²) in [6.45, 7) is 14.2. The van der Waals surface area contributed by atoms with Crippen LogP contribution >= 0.6 is 0 Å². The minimum atomic E-state index is 0.871. The first-order valence-corrected chi connectivity index (χ1v) is 4.80. The second kappa shape index (κ2) is 4.31. The van der Waals surface area contributed by atoms with Crippen LogP contribution in [-0.2, 0) is 0 Å². The molecule has 0 saturated carbocycles. The van der Waals surface area contributed by atoms with E-state index in [0.29, 0.717) is 0 Å². The number of anilines is 1. The van der Waals surface area contributed by atoms with Crippen molar-refractivity contribution in [2.45, 2.75) is 20.8 Å². The number of hydrogen-bond acceptors (Lipinski definition) is 1. The summed E-state index contributed by atoms with van der Waals surface area (Å²) in [6, 6.07) is 6.20. The Hall–Kier alpha value is -0.980. The Labute approximate surface area is 81.4 Å². The van der Waals surface area contributed by atoms with E-state index in [2.05, 4.69) is 30.9 Å². The molecule has 1 rings (SSSR count). The summed E-state index contributed by atoms with van der Waals surface area (Å²) in [4.78, 5) is 2.31. The van der Waals surface area contributed by atoms with Crippen LogP contribution in [0.15, 0.2) is 18.2 Å². The lowest BCUT2D eigenvalue weighted by molar-refractivity contribution is 0.865. The van der Waals surface area contributed by atoms with Crippen molar-refractivity contribution in [1.29, 1.82) is 0 Å². The SMILES string of the molecule is [CH]c1ccc(N(CC)CC)cc1C. The van der Waals surface area contributed by atoms with Crippen LogP contribution in [0, 0.1) is 13.8 Å². The minimum absolute atomic E-state index is 0.871. The first-order valence-electron chi connectivity index (χ1n) is 4.80. The van der Waals surface area contributed by atoms with E-state index in [-0.39, 0.29) is 0 Å². The van der Waals surface area contributed by atoms with E-state index >= 15 is 0 Å². The standard InChI is InChI=1S/C12H17N/c1-5-13(6-2)12-8-7-10(3)11(4)9-12/h3,7-9H,5-6H2,1-2,4H3. The summed E-state index contributed by atoms with van der Waals surface area (Å²) in [5, 5.41) is 0. The molecule has 0 unspecified atom stereocenters. The molecule has 0 atom stereocenters. The third-order valence-electron chi connectivity index (χ3n) is 2.38. The topological polar surface area (TPSA) is 3.24 Å². The Balaban J connectivity index is 2.95. The Kier molecular flexibility index (Phi) is 3.35. The number of nitrogens with zero attached hydrogens (tertiary/aromatic N) is 1. The van der Waals surface area contributed by atoms with Crippen LogP contribution in [0.5, 0.6) is 0 Å². The third kappa shape index (κ3) is 2.24. The molecule has 70 valence electrons. The van der Waals surface area contributed by atoms with Crippen LogP contribution in [0.2, 0.25) is 0 Å². The maximum Gasteiger partial charge on any atom is 0.0368 e. The molecule has 0 bridgehead atoms. The first kappa shape index (κ1) is 10.1. The van der Waals surface area contributed by atoms with Gasteiger partial charge in [-0.15, -0.1) is 0 Å². The molecule has 0 aliphatic heterocycles.